The topological polar surface area (TPSA) is 92.8 Å². The van der Waals surface area contributed by atoms with Crippen LogP contribution in [0.15, 0.2) is 10.6 Å². The number of carbonyl (C=O) groups is 1. The largest absolute Gasteiger partial charge is 0.394 e. The molecule has 1 saturated heterocycles. The van der Waals surface area contributed by atoms with Gasteiger partial charge in [-0.2, -0.15) is 0 Å². The van der Waals surface area contributed by atoms with Crippen LogP contribution in [0, 0.1) is 0 Å². The van der Waals surface area contributed by atoms with Crippen molar-refractivity contribution in [3.05, 3.63) is 17.5 Å². The van der Waals surface area contributed by atoms with Crippen LogP contribution in [0.25, 0.3) is 0 Å². The highest BCUT2D eigenvalue weighted by Gasteiger charge is 2.36. The normalized spacial score (nSPS) is 29.6. The van der Waals surface area contributed by atoms with Crippen LogP contribution in [0.1, 0.15) is 35.7 Å². The lowest BCUT2D eigenvalue weighted by Crippen LogP contribution is -2.24. The summed E-state index contributed by atoms with van der Waals surface area (Å²) in [6.07, 6.45) is -1.44. The van der Waals surface area contributed by atoms with Crippen LogP contribution in [-0.2, 0) is 4.74 Å². The quantitative estimate of drug-likeness (QED) is 0.709. The van der Waals surface area contributed by atoms with Gasteiger partial charge in [-0.25, -0.2) is 0 Å². The molecule has 0 amide bonds. The zero-order valence-electron chi connectivity index (χ0n) is 8.79. The number of rotatable bonds is 3. The van der Waals surface area contributed by atoms with Crippen molar-refractivity contribution in [3.63, 3.8) is 0 Å². The molecule has 0 bridgehead atoms. The van der Waals surface area contributed by atoms with Gasteiger partial charge in [0.1, 0.15) is 17.9 Å². The maximum Gasteiger partial charge on any atom is 0.181 e. The van der Waals surface area contributed by atoms with Crippen molar-refractivity contribution in [2.24, 2.45) is 0 Å². The minimum atomic E-state index is -0.721. The molecule has 16 heavy (non-hydrogen) atoms. The molecule has 0 spiro atoms. The first-order valence-electron chi connectivity index (χ1n) is 5.03. The third-order valence-corrected chi connectivity index (χ3v) is 2.61. The van der Waals surface area contributed by atoms with Crippen molar-refractivity contribution in [3.8, 4) is 0 Å². The Hall–Kier alpha value is -1.24. The molecule has 1 aromatic rings. The Kier molecular flexibility index (Phi) is 3.04. The van der Waals surface area contributed by atoms with E-state index in [0.717, 1.165) is 0 Å². The molecule has 0 unspecified atom stereocenters. The van der Waals surface area contributed by atoms with Crippen molar-refractivity contribution in [1.29, 1.82) is 0 Å². The highest BCUT2D eigenvalue weighted by Crippen LogP contribution is 2.33. The van der Waals surface area contributed by atoms with Gasteiger partial charge in [0, 0.05) is 19.4 Å². The van der Waals surface area contributed by atoms with Crippen molar-refractivity contribution >= 4 is 5.78 Å². The number of ether oxygens (including phenoxy) is 1. The number of aliphatic hydroxyl groups is 2. The third kappa shape index (κ3) is 1.99. The molecule has 2 N–H and O–H groups in total. The lowest BCUT2D eigenvalue weighted by Gasteiger charge is -2.09. The lowest BCUT2D eigenvalue weighted by molar-refractivity contribution is -0.0289. The summed E-state index contributed by atoms with van der Waals surface area (Å²) < 4.78 is 10.3. The SMILES string of the molecule is CC(=O)c1cc([C@@H]2C[C@H](O)[C@@H](CO)O2)on1. The fourth-order valence-corrected chi connectivity index (χ4v) is 1.68. The van der Waals surface area contributed by atoms with E-state index in [2.05, 4.69) is 5.16 Å². The van der Waals surface area contributed by atoms with Gasteiger partial charge >= 0.3 is 0 Å². The molecule has 1 fully saturated rings. The fraction of sp³-hybridized carbons (Fsp3) is 0.600. The molecule has 88 valence electrons. The Morgan fingerprint density at radius 3 is 2.94 bits per heavy atom. The van der Waals surface area contributed by atoms with Crippen LogP contribution in [0.5, 0.6) is 0 Å². The first kappa shape index (κ1) is 11.3. The second-order valence-corrected chi connectivity index (χ2v) is 3.82. The molecule has 6 heteroatoms. The molecule has 3 atom stereocenters. The van der Waals surface area contributed by atoms with Crippen molar-refractivity contribution in [1.82, 2.24) is 5.16 Å². The standard InChI is InChI=1S/C10H13NO5/c1-5(13)6-2-9(16-11-6)8-3-7(14)10(4-12)15-8/h2,7-8,10,12,14H,3-4H2,1H3/t7-,8-,10+/m0/s1. The summed E-state index contributed by atoms with van der Waals surface area (Å²) in [4.78, 5) is 11.0. The zero-order valence-corrected chi connectivity index (χ0v) is 8.79. The van der Waals surface area contributed by atoms with Gasteiger partial charge in [-0.1, -0.05) is 5.16 Å². The van der Waals surface area contributed by atoms with Gasteiger partial charge in [-0.3, -0.25) is 4.79 Å². The number of hydrogen-bond donors (Lipinski definition) is 2. The average molecular weight is 227 g/mol. The number of aromatic nitrogens is 1. The summed E-state index contributed by atoms with van der Waals surface area (Å²) in [6.45, 7) is 1.15. The minimum absolute atomic E-state index is 0.188. The summed E-state index contributed by atoms with van der Waals surface area (Å²) in [5, 5.41) is 22.0. The molecule has 0 aliphatic carbocycles. The van der Waals surface area contributed by atoms with E-state index in [1.165, 1.54) is 13.0 Å². The molecule has 0 saturated carbocycles. The maximum atomic E-state index is 11.0. The molecule has 0 radical (unpaired) electrons. The van der Waals surface area contributed by atoms with Crippen molar-refractivity contribution in [2.75, 3.05) is 6.61 Å². The van der Waals surface area contributed by atoms with Gasteiger partial charge in [0.2, 0.25) is 0 Å². The average Bonchev–Trinajstić information content (AvgIpc) is 2.83. The number of Topliss-reactive ketones (excluding diaryl/α,β-unsaturated/α-hetero) is 1. The predicted molar refractivity (Wildman–Crippen MR) is 51.8 cm³/mol. The van der Waals surface area contributed by atoms with E-state index < -0.39 is 18.3 Å². The van der Waals surface area contributed by atoms with E-state index in [4.69, 9.17) is 14.4 Å². The fourth-order valence-electron chi connectivity index (χ4n) is 1.68. The molecule has 1 aliphatic heterocycles. The van der Waals surface area contributed by atoms with Gasteiger partial charge in [0.25, 0.3) is 0 Å². The Morgan fingerprint density at radius 1 is 1.69 bits per heavy atom. The second kappa shape index (κ2) is 4.32. The van der Waals surface area contributed by atoms with E-state index in [-0.39, 0.29) is 18.1 Å². The van der Waals surface area contributed by atoms with Gasteiger partial charge in [-0.05, 0) is 0 Å². The van der Waals surface area contributed by atoms with Gasteiger partial charge < -0.3 is 19.5 Å². The summed E-state index contributed by atoms with van der Waals surface area (Å²) in [7, 11) is 0. The second-order valence-electron chi connectivity index (χ2n) is 3.82. The van der Waals surface area contributed by atoms with E-state index >= 15 is 0 Å². The summed E-state index contributed by atoms with van der Waals surface area (Å²) >= 11 is 0. The Balaban J connectivity index is 2.11. The van der Waals surface area contributed by atoms with Crippen LogP contribution in [0.4, 0.5) is 0 Å². The minimum Gasteiger partial charge on any atom is -0.394 e. The Labute approximate surface area is 91.8 Å². The van der Waals surface area contributed by atoms with E-state index in [1.807, 2.05) is 0 Å². The van der Waals surface area contributed by atoms with Crippen LogP contribution < -0.4 is 0 Å². The molecule has 1 aromatic heterocycles. The number of nitrogens with zero attached hydrogens (tertiary/aromatic N) is 1. The highest BCUT2D eigenvalue weighted by atomic mass is 16.5. The molecule has 2 heterocycles. The molecule has 2 rings (SSSR count). The number of aliphatic hydroxyl groups excluding tert-OH is 2. The highest BCUT2D eigenvalue weighted by molar-refractivity contribution is 5.91. The molecule has 6 nitrogen and oxygen atoms in total. The molecule has 0 aromatic carbocycles. The molecule has 1 aliphatic rings. The van der Waals surface area contributed by atoms with E-state index in [1.54, 1.807) is 0 Å². The lowest BCUT2D eigenvalue weighted by atomic mass is 10.1. The van der Waals surface area contributed by atoms with E-state index in [9.17, 15) is 9.90 Å². The number of carbonyl (C=O) groups excluding carboxylic acids is 1. The Morgan fingerprint density at radius 2 is 2.44 bits per heavy atom. The van der Waals surface area contributed by atoms with Crippen LogP contribution in [0.3, 0.4) is 0 Å². The third-order valence-electron chi connectivity index (χ3n) is 2.61. The smallest absolute Gasteiger partial charge is 0.181 e. The van der Waals surface area contributed by atoms with E-state index in [0.29, 0.717) is 12.2 Å². The maximum absolute atomic E-state index is 11.0. The Bertz CT molecular complexity index is 388. The first-order chi connectivity index (χ1) is 7.61. The zero-order chi connectivity index (χ0) is 11.7. The molecular weight excluding hydrogens is 214 g/mol. The van der Waals surface area contributed by atoms with Crippen LogP contribution >= 0.6 is 0 Å². The number of ketones is 1. The van der Waals surface area contributed by atoms with Gasteiger partial charge in [0.15, 0.2) is 11.5 Å². The van der Waals surface area contributed by atoms with Gasteiger partial charge in [0.05, 0.1) is 12.7 Å². The van der Waals surface area contributed by atoms with Crippen LogP contribution in [-0.4, -0.2) is 40.0 Å². The van der Waals surface area contributed by atoms with Gasteiger partial charge in [-0.15, -0.1) is 0 Å². The number of hydrogen-bond acceptors (Lipinski definition) is 6. The summed E-state index contributed by atoms with van der Waals surface area (Å²) in [6, 6.07) is 1.50. The summed E-state index contributed by atoms with van der Waals surface area (Å²) in [5.74, 6) is 0.215. The van der Waals surface area contributed by atoms with Crippen molar-refractivity contribution in [2.45, 2.75) is 31.7 Å². The predicted octanol–water partition coefficient (Wildman–Crippen LogP) is 0.0604. The monoisotopic (exact) mass is 227 g/mol. The molecular formula is C10H13NO5. The first-order valence-corrected chi connectivity index (χ1v) is 5.03. The van der Waals surface area contributed by atoms with Crippen molar-refractivity contribution < 1.29 is 24.3 Å². The van der Waals surface area contributed by atoms with Crippen LogP contribution in [0.2, 0.25) is 0 Å². The summed E-state index contributed by atoms with van der Waals surface area (Å²) in [5.41, 5.74) is 0.237.